The van der Waals surface area contributed by atoms with Crippen molar-refractivity contribution >= 4 is 16.8 Å². The normalized spacial score (nSPS) is 13.9. The Bertz CT molecular complexity index is 1760. The number of hydrogen-bond acceptors (Lipinski definition) is 3. The molecule has 5 aromatic carbocycles. The molecule has 0 atom stereocenters. The van der Waals surface area contributed by atoms with Crippen molar-refractivity contribution in [3.05, 3.63) is 130 Å². The van der Waals surface area contributed by atoms with Gasteiger partial charge in [-0.3, -0.25) is 0 Å². The number of rotatable bonds is 7. The van der Waals surface area contributed by atoms with Crippen molar-refractivity contribution in [2.24, 2.45) is 0 Å². The lowest BCUT2D eigenvalue weighted by Crippen LogP contribution is -2.25. The molecular weight excluding hydrogens is 528 g/mol. The first kappa shape index (κ1) is 28.6. The van der Waals surface area contributed by atoms with E-state index in [0.717, 1.165) is 59.3 Å². The molecule has 1 N–H and O–H groups in total. The van der Waals surface area contributed by atoms with Crippen LogP contribution in [0.3, 0.4) is 0 Å². The van der Waals surface area contributed by atoms with Gasteiger partial charge in [0, 0.05) is 16.5 Å². The topological polar surface area (TPSA) is 38.7 Å². The Balaban J connectivity index is 1.61. The van der Waals surface area contributed by atoms with Crippen LogP contribution in [-0.2, 0) is 18.3 Å². The van der Waals surface area contributed by atoms with Crippen LogP contribution >= 0.6 is 0 Å². The van der Waals surface area contributed by atoms with Crippen LogP contribution in [0.4, 0.5) is 0 Å². The van der Waals surface area contributed by atoms with Gasteiger partial charge in [0.25, 0.3) is 0 Å². The predicted molar refractivity (Wildman–Crippen MR) is 179 cm³/mol. The number of phenolic OH excluding ortho intramolecular Hbond substituents is 1. The molecule has 0 unspecified atom stereocenters. The summed E-state index contributed by atoms with van der Waals surface area (Å²) < 4.78 is 11.0. The molecular formula is C40H40O3. The zero-order valence-corrected chi connectivity index (χ0v) is 25.8. The minimum Gasteiger partial charge on any atom is -0.507 e. The molecule has 0 aliphatic heterocycles. The van der Waals surface area contributed by atoms with Crippen molar-refractivity contribution in [1.82, 2.24) is 0 Å². The van der Waals surface area contributed by atoms with Crippen LogP contribution in [0.2, 0.25) is 0 Å². The highest BCUT2D eigenvalue weighted by Crippen LogP contribution is 2.49. The van der Waals surface area contributed by atoms with E-state index in [2.05, 4.69) is 93.6 Å². The molecule has 0 heterocycles. The number of phenols is 1. The number of aromatic hydroxyl groups is 1. The molecule has 0 amide bonds. The molecule has 0 fully saturated rings. The molecule has 0 bridgehead atoms. The number of ether oxygens (including phenoxy) is 2. The van der Waals surface area contributed by atoms with E-state index in [1.54, 1.807) is 14.2 Å². The van der Waals surface area contributed by atoms with Gasteiger partial charge in [0.2, 0.25) is 0 Å². The SMILES string of the molecule is CCCc1cc(C)ccc1-c1c(O)c2c(c3cc(C)ccc13)CCC(c1ccc(OC)cc1)(c1ccc(OC)cc1)C=C2. The molecule has 218 valence electrons. The van der Waals surface area contributed by atoms with Crippen LogP contribution in [0.25, 0.3) is 28.0 Å². The summed E-state index contributed by atoms with van der Waals surface area (Å²) in [5.41, 5.74) is 9.88. The molecule has 0 saturated heterocycles. The van der Waals surface area contributed by atoms with E-state index in [0.29, 0.717) is 5.75 Å². The standard InChI is InChI=1S/C40H40O3/c1-6-7-28-24-26(2)8-18-33(28)38-35-19-9-27(3)25-37(35)34-20-22-40(23-21-36(34)39(38)41,29-10-14-31(42-4)15-11-29)30-12-16-32(43-5)17-13-30/h8-19,21,23-25,41H,6-7,20,22H2,1-5H3. The van der Waals surface area contributed by atoms with Gasteiger partial charge < -0.3 is 14.6 Å². The van der Waals surface area contributed by atoms with Crippen LogP contribution in [0.5, 0.6) is 17.2 Å². The monoisotopic (exact) mass is 568 g/mol. The highest BCUT2D eigenvalue weighted by atomic mass is 16.5. The third-order valence-electron chi connectivity index (χ3n) is 9.15. The lowest BCUT2D eigenvalue weighted by Gasteiger charge is -2.32. The van der Waals surface area contributed by atoms with Gasteiger partial charge in [0.15, 0.2) is 0 Å². The molecule has 0 aromatic heterocycles. The van der Waals surface area contributed by atoms with Crippen molar-refractivity contribution in [2.75, 3.05) is 14.2 Å². The Hall–Kier alpha value is -4.50. The number of allylic oxidation sites excluding steroid dienone is 1. The lowest BCUT2D eigenvalue weighted by molar-refractivity contribution is 0.414. The van der Waals surface area contributed by atoms with Gasteiger partial charge in [-0.15, -0.1) is 0 Å². The van der Waals surface area contributed by atoms with E-state index < -0.39 is 5.41 Å². The fourth-order valence-electron chi connectivity index (χ4n) is 6.90. The van der Waals surface area contributed by atoms with E-state index in [4.69, 9.17) is 9.47 Å². The average Bonchev–Trinajstić information content (AvgIpc) is 3.24. The second-order valence-corrected chi connectivity index (χ2v) is 11.8. The smallest absolute Gasteiger partial charge is 0.131 e. The first-order valence-electron chi connectivity index (χ1n) is 15.2. The highest BCUT2D eigenvalue weighted by molar-refractivity contribution is 6.05. The second kappa shape index (κ2) is 11.6. The predicted octanol–water partition coefficient (Wildman–Crippen LogP) is 9.74. The fraction of sp³-hybridized carbons (Fsp3) is 0.250. The van der Waals surface area contributed by atoms with Gasteiger partial charge in [0.05, 0.1) is 14.2 Å². The summed E-state index contributed by atoms with van der Waals surface area (Å²) in [6.07, 6.45) is 8.15. The molecule has 3 nitrogen and oxygen atoms in total. The number of aryl methyl sites for hydroxylation is 4. The quantitative estimate of drug-likeness (QED) is 0.212. The summed E-state index contributed by atoms with van der Waals surface area (Å²) in [6.45, 7) is 6.51. The minimum absolute atomic E-state index is 0.365. The van der Waals surface area contributed by atoms with Crippen molar-refractivity contribution < 1.29 is 14.6 Å². The van der Waals surface area contributed by atoms with Gasteiger partial charge in [-0.1, -0.05) is 97.3 Å². The molecule has 6 rings (SSSR count). The van der Waals surface area contributed by atoms with Gasteiger partial charge in [-0.2, -0.15) is 0 Å². The van der Waals surface area contributed by atoms with Crippen LogP contribution in [0.1, 0.15) is 58.7 Å². The van der Waals surface area contributed by atoms with Crippen LogP contribution in [0.15, 0.2) is 91.0 Å². The van der Waals surface area contributed by atoms with Crippen molar-refractivity contribution in [3.63, 3.8) is 0 Å². The van der Waals surface area contributed by atoms with Crippen molar-refractivity contribution in [3.8, 4) is 28.4 Å². The first-order chi connectivity index (χ1) is 20.9. The summed E-state index contributed by atoms with van der Waals surface area (Å²) in [4.78, 5) is 0. The van der Waals surface area contributed by atoms with E-state index >= 15 is 0 Å². The third-order valence-corrected chi connectivity index (χ3v) is 9.15. The van der Waals surface area contributed by atoms with Gasteiger partial charge in [-0.25, -0.2) is 0 Å². The van der Waals surface area contributed by atoms with Crippen LogP contribution in [-0.4, -0.2) is 19.3 Å². The molecule has 0 radical (unpaired) electrons. The first-order valence-corrected chi connectivity index (χ1v) is 15.2. The molecule has 0 saturated carbocycles. The van der Waals surface area contributed by atoms with Crippen molar-refractivity contribution in [2.45, 2.75) is 51.9 Å². The molecule has 0 spiro atoms. The Morgan fingerprint density at radius 3 is 1.95 bits per heavy atom. The number of fused-ring (bicyclic) bond motifs is 3. The Labute approximate surface area is 255 Å². The van der Waals surface area contributed by atoms with Gasteiger partial charge >= 0.3 is 0 Å². The lowest BCUT2D eigenvalue weighted by atomic mass is 9.71. The number of benzene rings is 5. The average molecular weight is 569 g/mol. The van der Waals surface area contributed by atoms with Crippen LogP contribution < -0.4 is 9.47 Å². The van der Waals surface area contributed by atoms with E-state index in [9.17, 15) is 5.11 Å². The summed E-state index contributed by atoms with van der Waals surface area (Å²) >= 11 is 0. The summed E-state index contributed by atoms with van der Waals surface area (Å²) in [6, 6.07) is 30.1. The molecule has 1 aliphatic carbocycles. The Morgan fingerprint density at radius 1 is 0.744 bits per heavy atom. The van der Waals surface area contributed by atoms with Gasteiger partial charge in [0.1, 0.15) is 17.2 Å². The van der Waals surface area contributed by atoms with E-state index in [1.165, 1.54) is 38.8 Å². The minimum atomic E-state index is -0.405. The summed E-state index contributed by atoms with van der Waals surface area (Å²) in [5, 5.41) is 14.5. The largest absolute Gasteiger partial charge is 0.507 e. The molecule has 3 heteroatoms. The van der Waals surface area contributed by atoms with Crippen LogP contribution in [0, 0.1) is 13.8 Å². The molecule has 1 aliphatic rings. The second-order valence-electron chi connectivity index (χ2n) is 11.8. The summed E-state index contributed by atoms with van der Waals surface area (Å²) in [7, 11) is 3.40. The maximum Gasteiger partial charge on any atom is 0.131 e. The van der Waals surface area contributed by atoms with E-state index in [1.807, 2.05) is 24.3 Å². The number of methoxy groups -OCH3 is 2. The van der Waals surface area contributed by atoms with E-state index in [-0.39, 0.29) is 0 Å². The Morgan fingerprint density at radius 2 is 1.35 bits per heavy atom. The Kier molecular flexibility index (Phi) is 7.75. The highest BCUT2D eigenvalue weighted by Gasteiger charge is 2.35. The third kappa shape index (κ3) is 5.07. The maximum atomic E-state index is 12.2. The zero-order valence-electron chi connectivity index (χ0n) is 25.8. The molecule has 43 heavy (non-hydrogen) atoms. The number of hydrogen-bond donors (Lipinski definition) is 1. The summed E-state index contributed by atoms with van der Waals surface area (Å²) in [5.74, 6) is 2.03. The fourth-order valence-corrected chi connectivity index (χ4v) is 6.90. The zero-order chi connectivity index (χ0) is 30.1. The maximum absolute atomic E-state index is 12.2. The van der Waals surface area contributed by atoms with Crippen molar-refractivity contribution in [1.29, 1.82) is 0 Å². The van der Waals surface area contributed by atoms with Gasteiger partial charge in [-0.05, 0) is 96.0 Å². The molecule has 5 aromatic rings.